The molecule has 0 radical (unpaired) electrons. The van der Waals surface area contributed by atoms with Gasteiger partial charge in [0.2, 0.25) is 11.0 Å². The van der Waals surface area contributed by atoms with Crippen molar-refractivity contribution in [3.63, 3.8) is 0 Å². The van der Waals surface area contributed by atoms with Gasteiger partial charge in [-0.05, 0) is 29.2 Å². The van der Waals surface area contributed by atoms with Crippen molar-refractivity contribution in [2.45, 2.75) is 25.7 Å². The molecule has 0 aliphatic carbocycles. The van der Waals surface area contributed by atoms with E-state index in [0.717, 1.165) is 16.1 Å². The number of hydrogen-bond donors (Lipinski definition) is 1. The van der Waals surface area contributed by atoms with Crippen molar-refractivity contribution in [1.82, 2.24) is 10.2 Å². The second kappa shape index (κ2) is 9.32. The maximum Gasteiger partial charge on any atom is 0.226 e. The SMILES string of the molecule is COc1ccc(Cc2nnc(NC(=O)C[C@H](C)c3ccccc3)s2)cc1OC. The van der Waals surface area contributed by atoms with Crippen LogP contribution in [0.2, 0.25) is 0 Å². The van der Waals surface area contributed by atoms with E-state index in [2.05, 4.69) is 15.5 Å². The summed E-state index contributed by atoms with van der Waals surface area (Å²) in [5, 5.41) is 12.5. The van der Waals surface area contributed by atoms with Crippen molar-refractivity contribution in [1.29, 1.82) is 0 Å². The Morgan fingerprint density at radius 3 is 2.54 bits per heavy atom. The minimum atomic E-state index is -0.0647. The second-order valence-electron chi connectivity index (χ2n) is 6.43. The van der Waals surface area contributed by atoms with Crippen LogP contribution < -0.4 is 14.8 Å². The molecule has 146 valence electrons. The van der Waals surface area contributed by atoms with E-state index < -0.39 is 0 Å². The fraction of sp³-hybridized carbons (Fsp3) is 0.286. The number of benzene rings is 2. The summed E-state index contributed by atoms with van der Waals surface area (Å²) in [6.45, 7) is 2.04. The Balaban J connectivity index is 1.59. The van der Waals surface area contributed by atoms with Crippen molar-refractivity contribution in [3.8, 4) is 11.5 Å². The average Bonchev–Trinajstić information content (AvgIpc) is 3.14. The van der Waals surface area contributed by atoms with Crippen LogP contribution in [0.3, 0.4) is 0 Å². The molecule has 0 aliphatic heterocycles. The van der Waals surface area contributed by atoms with Crippen LogP contribution in [-0.2, 0) is 11.2 Å². The zero-order valence-electron chi connectivity index (χ0n) is 16.1. The van der Waals surface area contributed by atoms with E-state index in [1.165, 1.54) is 11.3 Å². The summed E-state index contributed by atoms with van der Waals surface area (Å²) in [5.41, 5.74) is 2.17. The number of carbonyl (C=O) groups is 1. The molecule has 1 N–H and O–H groups in total. The molecular weight excluding hydrogens is 374 g/mol. The van der Waals surface area contributed by atoms with E-state index in [9.17, 15) is 4.79 Å². The number of anilines is 1. The molecule has 2 aromatic carbocycles. The van der Waals surface area contributed by atoms with E-state index in [4.69, 9.17) is 9.47 Å². The van der Waals surface area contributed by atoms with E-state index in [1.54, 1.807) is 14.2 Å². The largest absolute Gasteiger partial charge is 0.493 e. The first-order chi connectivity index (χ1) is 13.6. The monoisotopic (exact) mass is 397 g/mol. The number of hydrogen-bond acceptors (Lipinski definition) is 6. The van der Waals surface area contributed by atoms with Gasteiger partial charge in [0.25, 0.3) is 0 Å². The lowest BCUT2D eigenvalue weighted by Crippen LogP contribution is -2.14. The lowest BCUT2D eigenvalue weighted by molar-refractivity contribution is -0.116. The minimum absolute atomic E-state index is 0.0647. The maximum atomic E-state index is 12.3. The third kappa shape index (κ3) is 5.07. The predicted octanol–water partition coefficient (Wildman–Crippen LogP) is 4.28. The summed E-state index contributed by atoms with van der Waals surface area (Å²) in [7, 11) is 3.21. The number of carbonyl (C=O) groups excluding carboxylic acids is 1. The maximum absolute atomic E-state index is 12.3. The highest BCUT2D eigenvalue weighted by Crippen LogP contribution is 2.29. The number of ether oxygens (including phenoxy) is 2. The zero-order valence-corrected chi connectivity index (χ0v) is 17.0. The molecule has 0 fully saturated rings. The van der Waals surface area contributed by atoms with Crippen LogP contribution in [0.15, 0.2) is 48.5 Å². The van der Waals surface area contributed by atoms with Crippen molar-refractivity contribution in [3.05, 3.63) is 64.7 Å². The second-order valence-corrected chi connectivity index (χ2v) is 7.49. The highest BCUT2D eigenvalue weighted by molar-refractivity contribution is 7.15. The number of rotatable bonds is 8. The first-order valence-electron chi connectivity index (χ1n) is 8.97. The van der Waals surface area contributed by atoms with Gasteiger partial charge in [-0.2, -0.15) is 0 Å². The summed E-state index contributed by atoms with van der Waals surface area (Å²) >= 11 is 1.38. The van der Waals surface area contributed by atoms with Crippen LogP contribution in [0.4, 0.5) is 5.13 Å². The first kappa shape index (κ1) is 19.8. The van der Waals surface area contributed by atoms with Gasteiger partial charge in [-0.1, -0.05) is 54.7 Å². The first-order valence-corrected chi connectivity index (χ1v) is 9.78. The van der Waals surface area contributed by atoms with E-state index >= 15 is 0 Å². The Morgan fingerprint density at radius 2 is 1.82 bits per heavy atom. The van der Waals surface area contributed by atoms with Crippen LogP contribution in [0.1, 0.15) is 35.4 Å². The molecule has 28 heavy (non-hydrogen) atoms. The molecule has 1 amide bonds. The number of nitrogens with one attached hydrogen (secondary N) is 1. The molecule has 0 saturated carbocycles. The van der Waals surface area contributed by atoms with E-state index in [-0.39, 0.29) is 11.8 Å². The van der Waals surface area contributed by atoms with Gasteiger partial charge in [0.15, 0.2) is 11.5 Å². The van der Waals surface area contributed by atoms with E-state index in [0.29, 0.717) is 29.5 Å². The van der Waals surface area contributed by atoms with Crippen molar-refractivity contribution < 1.29 is 14.3 Å². The van der Waals surface area contributed by atoms with Crippen LogP contribution in [0, 0.1) is 0 Å². The summed E-state index contributed by atoms with van der Waals surface area (Å²) in [4.78, 5) is 12.3. The molecule has 1 aromatic heterocycles. The Bertz CT molecular complexity index is 928. The molecule has 0 spiro atoms. The Hall–Kier alpha value is -2.93. The van der Waals surface area contributed by atoms with Gasteiger partial charge in [-0.25, -0.2) is 0 Å². The Morgan fingerprint density at radius 1 is 1.07 bits per heavy atom. The zero-order chi connectivity index (χ0) is 19.9. The van der Waals surface area contributed by atoms with Crippen molar-refractivity contribution in [2.75, 3.05) is 19.5 Å². The highest BCUT2D eigenvalue weighted by atomic mass is 32.1. The molecule has 7 heteroatoms. The molecule has 1 heterocycles. The predicted molar refractivity (Wildman–Crippen MR) is 110 cm³/mol. The lowest BCUT2D eigenvalue weighted by Gasteiger charge is -2.10. The third-order valence-corrected chi connectivity index (χ3v) is 5.22. The Kier molecular flexibility index (Phi) is 6.60. The number of methoxy groups -OCH3 is 2. The molecule has 6 nitrogen and oxygen atoms in total. The van der Waals surface area contributed by atoms with Crippen molar-refractivity contribution in [2.24, 2.45) is 0 Å². The molecule has 0 bridgehead atoms. The molecular formula is C21H23N3O3S. The van der Waals surface area contributed by atoms with Crippen molar-refractivity contribution >= 4 is 22.4 Å². The van der Waals surface area contributed by atoms with Gasteiger partial charge >= 0.3 is 0 Å². The number of amides is 1. The van der Waals surface area contributed by atoms with Gasteiger partial charge in [0.05, 0.1) is 14.2 Å². The van der Waals surface area contributed by atoms with Gasteiger partial charge in [-0.15, -0.1) is 10.2 Å². The van der Waals surface area contributed by atoms with Gasteiger partial charge < -0.3 is 14.8 Å². The molecule has 3 rings (SSSR count). The molecule has 0 aliphatic rings. The van der Waals surface area contributed by atoms with Gasteiger partial charge in [0.1, 0.15) is 5.01 Å². The fourth-order valence-electron chi connectivity index (χ4n) is 2.89. The van der Waals surface area contributed by atoms with Crippen LogP contribution in [-0.4, -0.2) is 30.3 Å². The summed E-state index contributed by atoms with van der Waals surface area (Å²) in [6.07, 6.45) is 1.00. The Labute approximate surface area is 168 Å². The number of aromatic nitrogens is 2. The smallest absolute Gasteiger partial charge is 0.226 e. The molecule has 3 aromatic rings. The highest BCUT2D eigenvalue weighted by Gasteiger charge is 2.14. The molecule has 0 unspecified atom stereocenters. The third-order valence-electron chi connectivity index (χ3n) is 4.38. The normalized spacial score (nSPS) is 11.7. The summed E-state index contributed by atoms with van der Waals surface area (Å²) < 4.78 is 10.6. The van der Waals surface area contributed by atoms with Crippen LogP contribution in [0.5, 0.6) is 11.5 Å². The number of nitrogens with zero attached hydrogens (tertiary/aromatic N) is 2. The standard InChI is InChI=1S/C21H23N3O3S/c1-14(16-7-5-4-6-8-16)11-19(25)22-21-24-23-20(28-21)13-15-9-10-17(26-2)18(12-15)27-3/h4-10,12,14H,11,13H2,1-3H3,(H,22,24,25)/t14-/m0/s1. The topological polar surface area (TPSA) is 73.3 Å². The summed E-state index contributed by atoms with van der Waals surface area (Å²) in [5.74, 6) is 1.43. The minimum Gasteiger partial charge on any atom is -0.493 e. The fourth-order valence-corrected chi connectivity index (χ4v) is 3.68. The average molecular weight is 398 g/mol. The van der Waals surface area contributed by atoms with Gasteiger partial charge in [0, 0.05) is 12.8 Å². The van der Waals surface area contributed by atoms with Crippen LogP contribution in [0.25, 0.3) is 0 Å². The van der Waals surface area contributed by atoms with Gasteiger partial charge in [-0.3, -0.25) is 4.79 Å². The lowest BCUT2D eigenvalue weighted by atomic mass is 9.98. The molecule has 1 atom stereocenters. The summed E-state index contributed by atoms with van der Waals surface area (Å²) in [6, 6.07) is 15.7. The van der Waals surface area contributed by atoms with E-state index in [1.807, 2.05) is 55.5 Å². The quantitative estimate of drug-likeness (QED) is 0.614. The molecule has 0 saturated heterocycles. The van der Waals surface area contributed by atoms with Crippen LogP contribution >= 0.6 is 11.3 Å².